The fourth-order valence-electron chi connectivity index (χ4n) is 2.31. The third-order valence-electron chi connectivity index (χ3n) is 3.51. The Hall–Kier alpha value is -1.98. The van der Waals surface area contributed by atoms with Gasteiger partial charge in [-0.25, -0.2) is 9.97 Å². The number of aliphatic hydroxyl groups excluding tert-OH is 1. The molecule has 0 radical (unpaired) electrons. The van der Waals surface area contributed by atoms with Gasteiger partial charge in [0.05, 0.1) is 12.1 Å². The van der Waals surface area contributed by atoms with Crippen LogP contribution in [0.15, 0.2) is 53.3 Å². The molecule has 0 atom stereocenters. The first-order valence-corrected chi connectivity index (χ1v) is 7.88. The molecule has 0 aliphatic carbocycles. The summed E-state index contributed by atoms with van der Waals surface area (Å²) < 4.78 is 1.01. The predicted molar refractivity (Wildman–Crippen MR) is 91.8 cm³/mol. The van der Waals surface area contributed by atoms with E-state index in [2.05, 4.69) is 31.2 Å². The summed E-state index contributed by atoms with van der Waals surface area (Å²) in [5.74, 6) is 0.846. The van der Waals surface area contributed by atoms with Gasteiger partial charge in [-0.3, -0.25) is 0 Å². The Bertz CT molecular complexity index is 774. The fourth-order valence-corrected chi connectivity index (χ4v) is 2.67. The van der Waals surface area contributed by atoms with Gasteiger partial charge in [-0.1, -0.05) is 40.2 Å². The summed E-state index contributed by atoms with van der Waals surface area (Å²) in [7, 11) is 0. The SMILES string of the molecule is OCc1ccc(CCNc2ncnc3ccc(Br)cc23)cc1. The molecule has 0 spiro atoms. The monoisotopic (exact) mass is 357 g/mol. The second-order valence-electron chi connectivity index (χ2n) is 5.04. The van der Waals surface area contributed by atoms with Gasteiger partial charge in [-0.15, -0.1) is 0 Å². The third kappa shape index (κ3) is 3.43. The largest absolute Gasteiger partial charge is 0.392 e. The number of aliphatic hydroxyl groups is 1. The van der Waals surface area contributed by atoms with Gasteiger partial charge in [-0.2, -0.15) is 0 Å². The van der Waals surface area contributed by atoms with E-state index in [0.29, 0.717) is 0 Å². The Morgan fingerprint density at radius 2 is 1.77 bits per heavy atom. The maximum Gasteiger partial charge on any atom is 0.137 e. The number of aromatic nitrogens is 2. The van der Waals surface area contributed by atoms with Crippen molar-refractivity contribution < 1.29 is 5.11 Å². The zero-order valence-corrected chi connectivity index (χ0v) is 13.5. The van der Waals surface area contributed by atoms with Gasteiger partial charge < -0.3 is 10.4 Å². The smallest absolute Gasteiger partial charge is 0.137 e. The van der Waals surface area contributed by atoms with Crippen molar-refractivity contribution in [2.75, 3.05) is 11.9 Å². The van der Waals surface area contributed by atoms with Crippen LogP contribution in [0.3, 0.4) is 0 Å². The lowest BCUT2D eigenvalue weighted by Gasteiger charge is -2.09. The summed E-state index contributed by atoms with van der Waals surface area (Å²) in [5.41, 5.74) is 3.08. The highest BCUT2D eigenvalue weighted by Crippen LogP contribution is 2.23. The molecular formula is C17H16BrN3O. The van der Waals surface area contributed by atoms with Crippen LogP contribution in [0.5, 0.6) is 0 Å². The highest BCUT2D eigenvalue weighted by atomic mass is 79.9. The molecule has 1 heterocycles. The van der Waals surface area contributed by atoms with Gasteiger partial charge >= 0.3 is 0 Å². The molecule has 0 saturated heterocycles. The molecule has 0 saturated carbocycles. The first-order valence-electron chi connectivity index (χ1n) is 7.09. The van der Waals surface area contributed by atoms with Crippen LogP contribution in [0.4, 0.5) is 5.82 Å². The Kier molecular flexibility index (Phi) is 4.65. The van der Waals surface area contributed by atoms with Gasteiger partial charge in [-0.05, 0) is 35.7 Å². The van der Waals surface area contributed by atoms with Gasteiger partial charge in [0.1, 0.15) is 12.1 Å². The normalized spacial score (nSPS) is 10.8. The lowest BCUT2D eigenvalue weighted by molar-refractivity contribution is 0.282. The average molecular weight is 358 g/mol. The van der Waals surface area contributed by atoms with Crippen molar-refractivity contribution in [3.8, 4) is 0 Å². The van der Waals surface area contributed by atoms with Crippen molar-refractivity contribution in [1.82, 2.24) is 9.97 Å². The van der Waals surface area contributed by atoms with Gasteiger partial charge in [0, 0.05) is 16.4 Å². The maximum absolute atomic E-state index is 9.05. The van der Waals surface area contributed by atoms with E-state index in [1.807, 2.05) is 42.5 Å². The molecule has 0 amide bonds. The summed E-state index contributed by atoms with van der Waals surface area (Å²) in [4.78, 5) is 8.60. The van der Waals surface area contributed by atoms with Crippen LogP contribution in [-0.4, -0.2) is 21.6 Å². The Morgan fingerprint density at radius 3 is 2.55 bits per heavy atom. The fraction of sp³-hybridized carbons (Fsp3) is 0.176. The summed E-state index contributed by atoms with van der Waals surface area (Å²) in [5, 5.41) is 13.4. The van der Waals surface area contributed by atoms with Crippen LogP contribution in [0.1, 0.15) is 11.1 Å². The first kappa shape index (κ1) is 14.9. The number of nitrogens with zero attached hydrogens (tertiary/aromatic N) is 2. The molecule has 4 nitrogen and oxygen atoms in total. The summed E-state index contributed by atoms with van der Waals surface area (Å²) in [6.07, 6.45) is 2.47. The summed E-state index contributed by atoms with van der Waals surface area (Å²) >= 11 is 3.48. The third-order valence-corrected chi connectivity index (χ3v) is 4.00. The van der Waals surface area contributed by atoms with Crippen LogP contribution in [0.2, 0.25) is 0 Å². The van der Waals surface area contributed by atoms with Gasteiger partial charge in [0.2, 0.25) is 0 Å². The quantitative estimate of drug-likeness (QED) is 0.733. The van der Waals surface area contributed by atoms with Crippen molar-refractivity contribution in [2.45, 2.75) is 13.0 Å². The van der Waals surface area contributed by atoms with Crippen LogP contribution in [0, 0.1) is 0 Å². The lowest BCUT2D eigenvalue weighted by atomic mass is 10.1. The number of nitrogens with one attached hydrogen (secondary N) is 1. The minimum Gasteiger partial charge on any atom is -0.392 e. The molecule has 1 aromatic heterocycles. The van der Waals surface area contributed by atoms with Crippen molar-refractivity contribution in [3.63, 3.8) is 0 Å². The standard InChI is InChI=1S/C17H16BrN3O/c18-14-5-6-16-15(9-14)17(21-11-20-16)19-8-7-12-1-3-13(10-22)4-2-12/h1-6,9,11,22H,7-8,10H2,(H,19,20,21). The van der Waals surface area contributed by atoms with Crippen molar-refractivity contribution in [2.24, 2.45) is 0 Å². The zero-order chi connectivity index (χ0) is 15.4. The molecule has 0 fully saturated rings. The molecule has 3 aromatic rings. The minimum absolute atomic E-state index is 0.0837. The topological polar surface area (TPSA) is 58.0 Å². The maximum atomic E-state index is 9.05. The Balaban J connectivity index is 1.69. The number of rotatable bonds is 5. The van der Waals surface area contributed by atoms with E-state index < -0.39 is 0 Å². The number of halogens is 1. The second kappa shape index (κ2) is 6.85. The summed E-state index contributed by atoms with van der Waals surface area (Å²) in [6, 6.07) is 14.0. The van der Waals surface area contributed by atoms with Crippen molar-refractivity contribution in [1.29, 1.82) is 0 Å². The number of fused-ring (bicyclic) bond motifs is 1. The predicted octanol–water partition coefficient (Wildman–Crippen LogP) is 3.54. The van der Waals surface area contributed by atoms with E-state index in [1.54, 1.807) is 6.33 Å². The van der Waals surface area contributed by atoms with Gasteiger partial charge in [0.25, 0.3) is 0 Å². The number of hydrogen-bond acceptors (Lipinski definition) is 4. The van der Waals surface area contributed by atoms with Gasteiger partial charge in [0.15, 0.2) is 0 Å². The molecular weight excluding hydrogens is 342 g/mol. The molecule has 0 unspecified atom stereocenters. The molecule has 0 aliphatic heterocycles. The second-order valence-corrected chi connectivity index (χ2v) is 5.95. The highest BCUT2D eigenvalue weighted by molar-refractivity contribution is 9.10. The van der Waals surface area contributed by atoms with Crippen LogP contribution >= 0.6 is 15.9 Å². The number of anilines is 1. The Labute approximate surface area is 137 Å². The Morgan fingerprint density at radius 1 is 1.00 bits per heavy atom. The van der Waals surface area contributed by atoms with Crippen molar-refractivity contribution >= 4 is 32.7 Å². The van der Waals surface area contributed by atoms with Crippen LogP contribution in [-0.2, 0) is 13.0 Å². The average Bonchev–Trinajstić information content (AvgIpc) is 2.56. The van der Waals surface area contributed by atoms with E-state index in [1.165, 1.54) is 5.56 Å². The van der Waals surface area contributed by atoms with Crippen LogP contribution < -0.4 is 5.32 Å². The first-order chi connectivity index (χ1) is 10.8. The molecule has 22 heavy (non-hydrogen) atoms. The molecule has 0 aliphatic rings. The van der Waals surface area contributed by atoms with E-state index in [0.717, 1.165) is 39.7 Å². The van der Waals surface area contributed by atoms with Crippen molar-refractivity contribution in [3.05, 3.63) is 64.4 Å². The van der Waals surface area contributed by atoms with E-state index >= 15 is 0 Å². The zero-order valence-electron chi connectivity index (χ0n) is 12.0. The lowest BCUT2D eigenvalue weighted by Crippen LogP contribution is -2.07. The molecule has 0 bridgehead atoms. The molecule has 5 heteroatoms. The summed E-state index contributed by atoms with van der Waals surface area (Å²) in [6.45, 7) is 0.872. The molecule has 2 N–H and O–H groups in total. The molecule has 2 aromatic carbocycles. The minimum atomic E-state index is 0.0837. The van der Waals surface area contributed by atoms with E-state index in [-0.39, 0.29) is 6.61 Å². The van der Waals surface area contributed by atoms with E-state index in [9.17, 15) is 0 Å². The number of hydrogen-bond donors (Lipinski definition) is 2. The van der Waals surface area contributed by atoms with Crippen LogP contribution in [0.25, 0.3) is 10.9 Å². The molecule has 112 valence electrons. The molecule has 3 rings (SSSR count). The highest BCUT2D eigenvalue weighted by Gasteiger charge is 2.04. The number of benzene rings is 2. The van der Waals surface area contributed by atoms with E-state index in [4.69, 9.17) is 5.11 Å².